The van der Waals surface area contributed by atoms with E-state index in [1.807, 2.05) is 0 Å². The summed E-state index contributed by atoms with van der Waals surface area (Å²) >= 11 is 0. The Morgan fingerprint density at radius 3 is 2.00 bits per heavy atom. The third kappa shape index (κ3) is 1.99. The number of methoxy groups -OCH3 is 1. The van der Waals surface area contributed by atoms with Crippen LogP contribution < -0.4 is 5.32 Å². The molecule has 1 aromatic carbocycles. The van der Waals surface area contributed by atoms with Gasteiger partial charge in [0.05, 0.1) is 11.3 Å². The Morgan fingerprint density at radius 2 is 1.50 bits per heavy atom. The van der Waals surface area contributed by atoms with Gasteiger partial charge in [0.15, 0.2) is 17.3 Å². The summed E-state index contributed by atoms with van der Waals surface area (Å²) in [5.74, 6) is -1.92. The Balaban J connectivity index is 2.31. The van der Waals surface area contributed by atoms with Crippen molar-refractivity contribution in [3.05, 3.63) is 46.7 Å². The van der Waals surface area contributed by atoms with E-state index in [0.29, 0.717) is 6.42 Å². The molecule has 1 aromatic rings. The number of rotatable bonds is 3. The lowest BCUT2D eigenvalue weighted by molar-refractivity contribution is -0.153. The van der Waals surface area contributed by atoms with Crippen molar-refractivity contribution in [3.63, 3.8) is 0 Å². The Kier molecular flexibility index (Phi) is 3.93. The van der Waals surface area contributed by atoms with Crippen molar-refractivity contribution in [2.45, 2.75) is 24.9 Å². The number of carbonyl (C=O) groups is 4. The first kappa shape index (κ1) is 16.3. The van der Waals surface area contributed by atoms with E-state index in [9.17, 15) is 19.2 Å². The zero-order valence-corrected chi connectivity index (χ0v) is 13.5. The van der Waals surface area contributed by atoms with E-state index in [4.69, 9.17) is 4.74 Å². The van der Waals surface area contributed by atoms with Crippen molar-refractivity contribution in [1.29, 1.82) is 0 Å². The van der Waals surface area contributed by atoms with E-state index in [0.717, 1.165) is 0 Å². The van der Waals surface area contributed by atoms with E-state index >= 15 is 0 Å². The predicted molar refractivity (Wildman–Crippen MR) is 84.8 cm³/mol. The Labute approximate surface area is 138 Å². The number of likely N-dealkylation sites (N-methyl/N-ethyl adjacent to an activating group) is 1. The highest BCUT2D eigenvalue weighted by Gasteiger charge is 2.56. The number of nitrogens with one attached hydrogen (secondary N) is 1. The summed E-state index contributed by atoms with van der Waals surface area (Å²) < 4.78 is 5.34. The molecule has 3 rings (SSSR count). The third-order valence-corrected chi connectivity index (χ3v) is 4.62. The van der Waals surface area contributed by atoms with Gasteiger partial charge in [-0.2, -0.15) is 0 Å². The maximum atomic E-state index is 13.1. The van der Waals surface area contributed by atoms with Gasteiger partial charge in [-0.05, 0) is 6.42 Å². The first-order valence-corrected chi connectivity index (χ1v) is 7.71. The first-order valence-electron chi connectivity index (χ1n) is 7.71. The van der Waals surface area contributed by atoms with Gasteiger partial charge in [0, 0.05) is 38.1 Å². The summed E-state index contributed by atoms with van der Waals surface area (Å²) in [6.45, 7) is 0. The molecule has 0 unspecified atom stereocenters. The van der Waals surface area contributed by atoms with E-state index < -0.39 is 28.7 Å². The van der Waals surface area contributed by atoms with Crippen LogP contribution in [-0.2, 0) is 14.3 Å². The molecule has 0 aliphatic heterocycles. The standard InChI is InChI=1S/C18H17NO5/c1-19-15-14(18(24-2)12(20)8-5-9-13(18)21)16(22)10-6-3-4-7-11(10)17(15)23/h3-4,6-7,19H,5,8-9H2,1-2H3. The summed E-state index contributed by atoms with van der Waals surface area (Å²) in [5.41, 5.74) is -1.82. The van der Waals surface area contributed by atoms with Gasteiger partial charge in [-0.3, -0.25) is 19.2 Å². The van der Waals surface area contributed by atoms with Gasteiger partial charge >= 0.3 is 0 Å². The number of fused-ring (bicyclic) bond motifs is 1. The molecule has 124 valence electrons. The van der Waals surface area contributed by atoms with Gasteiger partial charge in [-0.1, -0.05) is 24.3 Å². The molecule has 0 bridgehead atoms. The highest BCUT2D eigenvalue weighted by atomic mass is 16.5. The molecule has 2 aliphatic carbocycles. The quantitative estimate of drug-likeness (QED) is 0.840. The number of Topliss-reactive ketones (excluding diaryl/α,β-unsaturated/α-hetero) is 4. The molecular formula is C18H17NO5. The second kappa shape index (κ2) is 5.79. The zero-order valence-electron chi connectivity index (χ0n) is 13.5. The zero-order chi connectivity index (χ0) is 17.5. The second-order valence-electron chi connectivity index (χ2n) is 5.79. The number of allylic oxidation sites excluding steroid dienone is 1. The van der Waals surface area contributed by atoms with Gasteiger partial charge in [0.1, 0.15) is 0 Å². The van der Waals surface area contributed by atoms with Gasteiger partial charge < -0.3 is 10.1 Å². The lowest BCUT2D eigenvalue weighted by Crippen LogP contribution is -2.56. The second-order valence-corrected chi connectivity index (χ2v) is 5.79. The highest BCUT2D eigenvalue weighted by Crippen LogP contribution is 2.38. The summed E-state index contributed by atoms with van der Waals surface area (Å²) in [6.07, 6.45) is 0.677. The number of ether oxygens (including phenoxy) is 1. The number of carbonyl (C=O) groups excluding carboxylic acids is 4. The SMILES string of the molecule is CNC1=C(C2(OC)C(=O)CCCC2=O)C(=O)c2ccccc2C1=O. The minimum Gasteiger partial charge on any atom is -0.384 e. The van der Waals surface area contributed by atoms with Crippen LogP contribution in [0.15, 0.2) is 35.5 Å². The largest absolute Gasteiger partial charge is 0.384 e. The van der Waals surface area contributed by atoms with Crippen LogP contribution in [0.2, 0.25) is 0 Å². The predicted octanol–water partition coefficient (Wildman–Crippen LogP) is 1.25. The van der Waals surface area contributed by atoms with Crippen molar-refractivity contribution < 1.29 is 23.9 Å². The van der Waals surface area contributed by atoms with Crippen molar-refractivity contribution in [1.82, 2.24) is 5.32 Å². The van der Waals surface area contributed by atoms with Gasteiger partial charge in [0.2, 0.25) is 11.4 Å². The van der Waals surface area contributed by atoms with Crippen LogP contribution in [0.3, 0.4) is 0 Å². The van der Waals surface area contributed by atoms with E-state index in [1.54, 1.807) is 18.2 Å². The number of ketones is 4. The molecule has 0 heterocycles. The lowest BCUT2D eigenvalue weighted by Gasteiger charge is -2.37. The topological polar surface area (TPSA) is 89.5 Å². The smallest absolute Gasteiger partial charge is 0.215 e. The normalized spacial score (nSPS) is 20.2. The van der Waals surface area contributed by atoms with Crippen LogP contribution in [-0.4, -0.2) is 42.9 Å². The monoisotopic (exact) mass is 327 g/mol. The lowest BCUT2D eigenvalue weighted by atomic mass is 9.71. The van der Waals surface area contributed by atoms with Gasteiger partial charge in [-0.25, -0.2) is 0 Å². The maximum Gasteiger partial charge on any atom is 0.215 e. The molecule has 0 aromatic heterocycles. The fourth-order valence-electron chi connectivity index (χ4n) is 3.48. The van der Waals surface area contributed by atoms with Crippen LogP contribution in [0.1, 0.15) is 40.0 Å². The summed E-state index contributed by atoms with van der Waals surface area (Å²) in [6, 6.07) is 6.36. The summed E-state index contributed by atoms with van der Waals surface area (Å²) in [4.78, 5) is 51.0. The third-order valence-electron chi connectivity index (χ3n) is 4.62. The molecule has 6 nitrogen and oxygen atoms in total. The average Bonchev–Trinajstić information content (AvgIpc) is 2.59. The Morgan fingerprint density at radius 1 is 0.958 bits per heavy atom. The number of hydrogen-bond donors (Lipinski definition) is 1. The maximum absolute atomic E-state index is 13.1. The molecule has 0 atom stereocenters. The number of hydrogen-bond acceptors (Lipinski definition) is 6. The van der Waals surface area contributed by atoms with Crippen LogP contribution in [0.25, 0.3) is 0 Å². The molecule has 0 spiro atoms. The van der Waals surface area contributed by atoms with E-state index in [2.05, 4.69) is 5.32 Å². The molecule has 0 radical (unpaired) electrons. The molecule has 24 heavy (non-hydrogen) atoms. The number of benzene rings is 1. The highest BCUT2D eigenvalue weighted by molar-refractivity contribution is 6.33. The van der Waals surface area contributed by atoms with Crippen molar-refractivity contribution in [2.24, 2.45) is 0 Å². The molecular weight excluding hydrogens is 310 g/mol. The molecule has 0 amide bonds. The Bertz CT molecular complexity index is 789. The van der Waals surface area contributed by atoms with Crippen LogP contribution in [0.4, 0.5) is 0 Å². The van der Waals surface area contributed by atoms with E-state index in [-0.39, 0.29) is 35.2 Å². The molecule has 1 fully saturated rings. The molecule has 2 aliphatic rings. The molecule has 1 saturated carbocycles. The van der Waals surface area contributed by atoms with E-state index in [1.165, 1.54) is 20.2 Å². The molecule has 6 heteroatoms. The fourth-order valence-corrected chi connectivity index (χ4v) is 3.48. The minimum atomic E-state index is -2.00. The van der Waals surface area contributed by atoms with Crippen LogP contribution in [0.5, 0.6) is 0 Å². The summed E-state index contributed by atoms with van der Waals surface area (Å²) in [7, 11) is 2.70. The molecule has 1 N–H and O–H groups in total. The van der Waals surface area contributed by atoms with Crippen LogP contribution in [0, 0.1) is 0 Å². The van der Waals surface area contributed by atoms with Crippen LogP contribution >= 0.6 is 0 Å². The fraction of sp³-hybridized carbons (Fsp3) is 0.333. The van der Waals surface area contributed by atoms with Crippen molar-refractivity contribution >= 4 is 23.1 Å². The van der Waals surface area contributed by atoms with Gasteiger partial charge in [-0.15, -0.1) is 0 Å². The Hall–Kier alpha value is -2.60. The molecule has 0 saturated heterocycles. The minimum absolute atomic E-state index is 0.0517. The van der Waals surface area contributed by atoms with Crippen molar-refractivity contribution in [2.75, 3.05) is 14.2 Å². The first-order chi connectivity index (χ1) is 11.5. The van der Waals surface area contributed by atoms with Gasteiger partial charge in [0.25, 0.3) is 0 Å². The van der Waals surface area contributed by atoms with Crippen molar-refractivity contribution in [3.8, 4) is 0 Å². The summed E-state index contributed by atoms with van der Waals surface area (Å²) in [5, 5.41) is 2.70. The average molecular weight is 327 g/mol.